The fourth-order valence-corrected chi connectivity index (χ4v) is 1.22. The van der Waals surface area contributed by atoms with E-state index in [0.717, 1.165) is 0 Å². The molecule has 0 aliphatic carbocycles. The molecule has 0 radical (unpaired) electrons. The second-order valence-corrected chi connectivity index (χ2v) is 3.54. The van der Waals surface area contributed by atoms with Gasteiger partial charge in [-0.25, -0.2) is 0 Å². The van der Waals surface area contributed by atoms with Crippen LogP contribution < -0.4 is 11.1 Å². The molecule has 1 amide bonds. The lowest BCUT2D eigenvalue weighted by Crippen LogP contribution is -2.37. The van der Waals surface area contributed by atoms with E-state index in [1.165, 1.54) is 0 Å². The van der Waals surface area contributed by atoms with Crippen molar-refractivity contribution < 1.29 is 14.3 Å². The Morgan fingerprint density at radius 2 is 2.43 bits per heavy atom. The Balaban J connectivity index is 2.25. The zero-order valence-electron chi connectivity index (χ0n) is 7.37. The van der Waals surface area contributed by atoms with Crippen LogP contribution in [0.15, 0.2) is 21.2 Å². The van der Waals surface area contributed by atoms with Gasteiger partial charge in [-0.1, -0.05) is 0 Å². The number of carbonyl (C=O) groups excluding carboxylic acids is 1. The molecule has 14 heavy (non-hydrogen) atoms. The van der Waals surface area contributed by atoms with Gasteiger partial charge in [-0.3, -0.25) is 4.79 Å². The molecule has 5 nitrogen and oxygen atoms in total. The van der Waals surface area contributed by atoms with E-state index in [9.17, 15) is 4.79 Å². The number of nitrogens with two attached hydrogens (primary N) is 1. The number of halogens is 1. The van der Waals surface area contributed by atoms with E-state index in [0.29, 0.717) is 17.0 Å². The van der Waals surface area contributed by atoms with Gasteiger partial charge in [-0.2, -0.15) is 0 Å². The molecule has 1 atom stereocenters. The summed E-state index contributed by atoms with van der Waals surface area (Å²) in [4.78, 5) is 10.4. The number of hydrogen-bond donors (Lipinski definition) is 3. The maximum Gasteiger partial charge on any atom is 0.247 e. The normalized spacial score (nSPS) is 12.7. The summed E-state index contributed by atoms with van der Waals surface area (Å²) in [6, 6.07) is 3.55. The quantitative estimate of drug-likeness (QED) is 0.696. The summed E-state index contributed by atoms with van der Waals surface area (Å²) in [7, 11) is 0. The van der Waals surface area contributed by atoms with Crippen LogP contribution in [0.2, 0.25) is 0 Å². The lowest BCUT2D eigenvalue weighted by atomic mass is 10.3. The van der Waals surface area contributed by atoms with Crippen LogP contribution in [0.1, 0.15) is 5.76 Å². The second-order valence-electron chi connectivity index (χ2n) is 2.75. The molecule has 0 saturated heterocycles. The third-order valence-electron chi connectivity index (χ3n) is 1.59. The molecule has 1 aromatic rings. The molecular weight excluding hydrogens is 252 g/mol. The highest BCUT2D eigenvalue weighted by Crippen LogP contribution is 2.13. The molecular formula is C8H11BrN2O3. The molecule has 0 spiro atoms. The van der Waals surface area contributed by atoms with Gasteiger partial charge in [0.2, 0.25) is 5.91 Å². The molecule has 1 aromatic heterocycles. The molecule has 78 valence electrons. The SMILES string of the molecule is NC(=O)C(O)CNCc1ccc(Br)o1. The smallest absolute Gasteiger partial charge is 0.247 e. The molecule has 0 bridgehead atoms. The van der Waals surface area contributed by atoms with E-state index in [4.69, 9.17) is 15.3 Å². The molecule has 0 saturated carbocycles. The van der Waals surface area contributed by atoms with Crippen molar-refractivity contribution in [2.24, 2.45) is 5.73 Å². The Bertz CT molecular complexity index is 313. The summed E-state index contributed by atoms with van der Waals surface area (Å²) in [5, 5.41) is 11.9. The molecule has 0 aliphatic rings. The van der Waals surface area contributed by atoms with Crippen molar-refractivity contribution in [1.82, 2.24) is 5.32 Å². The van der Waals surface area contributed by atoms with Crippen LogP contribution in [-0.4, -0.2) is 23.7 Å². The molecule has 1 heterocycles. The first kappa shape index (κ1) is 11.2. The highest BCUT2D eigenvalue weighted by atomic mass is 79.9. The van der Waals surface area contributed by atoms with E-state index in [1.54, 1.807) is 12.1 Å². The highest BCUT2D eigenvalue weighted by molar-refractivity contribution is 9.10. The third kappa shape index (κ3) is 3.49. The number of hydrogen-bond acceptors (Lipinski definition) is 4. The monoisotopic (exact) mass is 262 g/mol. The van der Waals surface area contributed by atoms with Gasteiger partial charge in [-0.05, 0) is 28.1 Å². The number of amides is 1. The lowest BCUT2D eigenvalue weighted by molar-refractivity contribution is -0.125. The van der Waals surface area contributed by atoms with E-state index < -0.39 is 12.0 Å². The van der Waals surface area contributed by atoms with Gasteiger partial charge in [0.25, 0.3) is 0 Å². The lowest BCUT2D eigenvalue weighted by Gasteiger charge is -2.06. The van der Waals surface area contributed by atoms with E-state index in [-0.39, 0.29) is 6.54 Å². The summed E-state index contributed by atoms with van der Waals surface area (Å²) >= 11 is 3.16. The zero-order chi connectivity index (χ0) is 10.6. The average Bonchev–Trinajstić information content (AvgIpc) is 2.51. The average molecular weight is 263 g/mol. The number of primary amides is 1. The van der Waals surface area contributed by atoms with Crippen molar-refractivity contribution >= 4 is 21.8 Å². The molecule has 1 unspecified atom stereocenters. The number of aliphatic hydroxyl groups excluding tert-OH is 1. The van der Waals surface area contributed by atoms with Crippen molar-refractivity contribution in [3.8, 4) is 0 Å². The Morgan fingerprint density at radius 1 is 1.71 bits per heavy atom. The van der Waals surface area contributed by atoms with Crippen LogP contribution in [0.3, 0.4) is 0 Å². The minimum absolute atomic E-state index is 0.119. The summed E-state index contributed by atoms with van der Waals surface area (Å²) in [5.74, 6) is -0.0216. The number of aliphatic hydroxyl groups is 1. The van der Waals surface area contributed by atoms with E-state index in [2.05, 4.69) is 21.2 Å². The van der Waals surface area contributed by atoms with Crippen LogP contribution in [0.4, 0.5) is 0 Å². The summed E-state index contributed by atoms with van der Waals surface area (Å²) in [6.45, 7) is 0.559. The first-order valence-electron chi connectivity index (χ1n) is 4.02. The Morgan fingerprint density at radius 3 is 2.93 bits per heavy atom. The first-order chi connectivity index (χ1) is 6.59. The van der Waals surface area contributed by atoms with Gasteiger partial charge >= 0.3 is 0 Å². The van der Waals surface area contributed by atoms with Gasteiger partial charge in [0, 0.05) is 6.54 Å². The minimum Gasteiger partial charge on any atom is -0.453 e. The number of furan rings is 1. The summed E-state index contributed by atoms with van der Waals surface area (Å²) < 4.78 is 5.83. The minimum atomic E-state index is -1.16. The third-order valence-corrected chi connectivity index (χ3v) is 2.02. The van der Waals surface area contributed by atoms with Gasteiger partial charge < -0.3 is 20.6 Å². The predicted molar refractivity (Wildman–Crippen MR) is 53.3 cm³/mol. The standard InChI is InChI=1S/C8H11BrN2O3/c9-7-2-1-5(14-7)3-11-4-6(12)8(10)13/h1-2,6,11-12H,3-4H2,(H2,10,13). The van der Waals surface area contributed by atoms with Crippen molar-refractivity contribution in [3.05, 3.63) is 22.6 Å². The van der Waals surface area contributed by atoms with Gasteiger partial charge in [0.1, 0.15) is 11.9 Å². The van der Waals surface area contributed by atoms with Gasteiger partial charge in [-0.15, -0.1) is 0 Å². The van der Waals surface area contributed by atoms with Crippen molar-refractivity contribution in [3.63, 3.8) is 0 Å². The Labute approximate surface area is 89.4 Å². The molecule has 6 heteroatoms. The van der Waals surface area contributed by atoms with Crippen LogP contribution in [-0.2, 0) is 11.3 Å². The molecule has 4 N–H and O–H groups in total. The van der Waals surface area contributed by atoms with E-state index in [1.807, 2.05) is 0 Å². The molecule has 1 rings (SSSR count). The number of nitrogens with one attached hydrogen (secondary N) is 1. The van der Waals surface area contributed by atoms with Crippen molar-refractivity contribution in [2.75, 3.05) is 6.54 Å². The van der Waals surface area contributed by atoms with Gasteiger partial charge in [0.15, 0.2) is 4.67 Å². The topological polar surface area (TPSA) is 88.5 Å². The largest absolute Gasteiger partial charge is 0.453 e. The summed E-state index contributed by atoms with van der Waals surface area (Å²) in [5.41, 5.74) is 4.86. The van der Waals surface area contributed by atoms with Crippen LogP contribution >= 0.6 is 15.9 Å². The van der Waals surface area contributed by atoms with Gasteiger partial charge in [0.05, 0.1) is 6.54 Å². The highest BCUT2D eigenvalue weighted by Gasteiger charge is 2.09. The van der Waals surface area contributed by atoms with Crippen molar-refractivity contribution in [1.29, 1.82) is 0 Å². The van der Waals surface area contributed by atoms with E-state index >= 15 is 0 Å². The zero-order valence-corrected chi connectivity index (χ0v) is 8.95. The number of carbonyl (C=O) groups is 1. The second kappa shape index (κ2) is 5.14. The van der Waals surface area contributed by atoms with Crippen molar-refractivity contribution in [2.45, 2.75) is 12.6 Å². The van der Waals surface area contributed by atoms with Crippen LogP contribution in [0, 0.1) is 0 Å². The molecule has 0 fully saturated rings. The predicted octanol–water partition coefficient (Wildman–Crippen LogP) is -0.0221. The van der Waals surface area contributed by atoms with Crippen LogP contribution in [0.5, 0.6) is 0 Å². The molecule has 0 aromatic carbocycles. The number of rotatable bonds is 5. The fourth-order valence-electron chi connectivity index (χ4n) is 0.879. The van der Waals surface area contributed by atoms with Crippen LogP contribution in [0.25, 0.3) is 0 Å². The molecule has 0 aliphatic heterocycles. The first-order valence-corrected chi connectivity index (χ1v) is 4.81. The maximum atomic E-state index is 10.4. The summed E-state index contributed by atoms with van der Waals surface area (Å²) in [6.07, 6.45) is -1.16. The fraction of sp³-hybridized carbons (Fsp3) is 0.375. The Hall–Kier alpha value is -0.850. The maximum absolute atomic E-state index is 10.4. The Kier molecular flexibility index (Phi) is 4.12.